The van der Waals surface area contributed by atoms with Gasteiger partial charge in [-0.3, -0.25) is 0 Å². The van der Waals surface area contributed by atoms with Crippen LogP contribution in [0.3, 0.4) is 0 Å². The van der Waals surface area contributed by atoms with E-state index in [2.05, 4.69) is 0 Å². The molecule has 0 radical (unpaired) electrons. The van der Waals surface area contributed by atoms with Gasteiger partial charge in [-0.25, -0.2) is 0 Å². The molecule has 66 valence electrons. The van der Waals surface area contributed by atoms with Gasteiger partial charge in [0.05, 0.1) is 12.1 Å². The van der Waals surface area contributed by atoms with Gasteiger partial charge in [0.15, 0.2) is 0 Å². The number of aliphatic hydroxyl groups excluding tert-OH is 1. The van der Waals surface area contributed by atoms with E-state index in [1.807, 2.05) is 19.9 Å². The summed E-state index contributed by atoms with van der Waals surface area (Å²) in [4.78, 5) is 0. The molecule has 0 fully saturated rings. The summed E-state index contributed by atoms with van der Waals surface area (Å²) in [6.45, 7) is 5.69. The molecule has 0 rings (SSSR count). The topological polar surface area (TPSA) is 55.5 Å². The Balaban J connectivity index is 3.72. The molecule has 2 unspecified atom stereocenters. The van der Waals surface area contributed by atoms with E-state index in [9.17, 15) is 0 Å². The summed E-state index contributed by atoms with van der Waals surface area (Å²) in [5.41, 5.74) is 5.56. The fraction of sp³-hybridized carbons (Fsp3) is 0.750. The van der Waals surface area contributed by atoms with Gasteiger partial charge >= 0.3 is 0 Å². The second-order valence-corrected chi connectivity index (χ2v) is 2.64. The smallest absolute Gasteiger partial charge is 0.113 e. The van der Waals surface area contributed by atoms with Crippen LogP contribution in [0.15, 0.2) is 11.8 Å². The molecule has 0 spiro atoms. The van der Waals surface area contributed by atoms with E-state index in [0.29, 0.717) is 6.61 Å². The molecule has 0 aromatic rings. The Morgan fingerprint density at radius 2 is 2.18 bits per heavy atom. The lowest BCUT2D eigenvalue weighted by Gasteiger charge is -2.14. The Hall–Kier alpha value is -0.540. The van der Waals surface area contributed by atoms with Crippen LogP contribution in [0.5, 0.6) is 0 Å². The molecule has 0 saturated heterocycles. The predicted octanol–water partition coefficient (Wildman–Crippen LogP) is 0.635. The van der Waals surface area contributed by atoms with Crippen LogP contribution in [0.4, 0.5) is 0 Å². The van der Waals surface area contributed by atoms with Gasteiger partial charge < -0.3 is 15.6 Å². The van der Waals surface area contributed by atoms with Crippen LogP contribution in [0.25, 0.3) is 0 Å². The fourth-order valence-corrected chi connectivity index (χ4v) is 0.694. The molecule has 11 heavy (non-hydrogen) atoms. The first-order chi connectivity index (χ1) is 5.07. The molecule has 0 aromatic carbocycles. The van der Waals surface area contributed by atoms with E-state index in [-0.39, 0.29) is 6.04 Å². The lowest BCUT2D eigenvalue weighted by atomic mass is 10.3. The van der Waals surface area contributed by atoms with Crippen molar-refractivity contribution in [3.8, 4) is 0 Å². The molecule has 0 aliphatic carbocycles. The first-order valence-corrected chi connectivity index (χ1v) is 3.80. The number of nitrogens with two attached hydrogens (primary N) is 1. The lowest BCUT2D eigenvalue weighted by molar-refractivity contribution is 0.0781. The molecular formula is C8H17NO2. The average Bonchev–Trinajstić information content (AvgIpc) is 1.87. The first kappa shape index (κ1) is 10.5. The largest absolute Gasteiger partial charge is 0.494 e. The van der Waals surface area contributed by atoms with Crippen molar-refractivity contribution in [1.29, 1.82) is 0 Å². The average molecular weight is 159 g/mol. The molecule has 0 bridgehead atoms. The molecule has 0 saturated carbocycles. The number of hydrogen-bond acceptors (Lipinski definition) is 3. The van der Waals surface area contributed by atoms with Gasteiger partial charge in [-0.1, -0.05) is 0 Å². The SMILES string of the molecule is CC=C(OCC(C)O)C(C)N. The van der Waals surface area contributed by atoms with Gasteiger partial charge in [-0.05, 0) is 26.8 Å². The summed E-state index contributed by atoms with van der Waals surface area (Å²) in [5.74, 6) is 0.728. The van der Waals surface area contributed by atoms with Crippen molar-refractivity contribution >= 4 is 0 Å². The van der Waals surface area contributed by atoms with Crippen molar-refractivity contribution in [2.75, 3.05) is 6.61 Å². The highest BCUT2D eigenvalue weighted by Gasteiger charge is 2.04. The van der Waals surface area contributed by atoms with Crippen molar-refractivity contribution in [3.05, 3.63) is 11.8 Å². The van der Waals surface area contributed by atoms with Crippen molar-refractivity contribution < 1.29 is 9.84 Å². The number of rotatable bonds is 4. The standard InChI is InChI=1S/C8H17NO2/c1-4-8(7(3)9)11-5-6(2)10/h4,6-7,10H,5,9H2,1-3H3. The van der Waals surface area contributed by atoms with E-state index in [1.165, 1.54) is 0 Å². The van der Waals surface area contributed by atoms with Gasteiger partial charge in [0.25, 0.3) is 0 Å². The Bertz CT molecular complexity index is 130. The molecule has 2 atom stereocenters. The quantitative estimate of drug-likeness (QED) is 0.592. The predicted molar refractivity (Wildman–Crippen MR) is 45.0 cm³/mol. The number of hydrogen-bond donors (Lipinski definition) is 2. The highest BCUT2D eigenvalue weighted by atomic mass is 16.5. The molecule has 0 heterocycles. The third-order valence-corrected chi connectivity index (χ3v) is 1.22. The van der Waals surface area contributed by atoms with Gasteiger partial charge in [0.1, 0.15) is 12.4 Å². The summed E-state index contributed by atoms with van der Waals surface area (Å²) >= 11 is 0. The zero-order chi connectivity index (χ0) is 8.85. The van der Waals surface area contributed by atoms with E-state index < -0.39 is 6.10 Å². The van der Waals surface area contributed by atoms with Crippen LogP contribution in [-0.4, -0.2) is 23.9 Å². The minimum Gasteiger partial charge on any atom is -0.494 e. The monoisotopic (exact) mass is 159 g/mol. The maximum Gasteiger partial charge on any atom is 0.113 e. The van der Waals surface area contributed by atoms with Crippen LogP contribution >= 0.6 is 0 Å². The second kappa shape index (κ2) is 5.16. The molecule has 0 aliphatic rings. The van der Waals surface area contributed by atoms with Crippen molar-refractivity contribution in [1.82, 2.24) is 0 Å². The third kappa shape index (κ3) is 4.81. The number of aliphatic hydroxyl groups is 1. The van der Waals surface area contributed by atoms with Crippen LogP contribution < -0.4 is 5.73 Å². The summed E-state index contributed by atoms with van der Waals surface area (Å²) in [5, 5.41) is 8.89. The number of allylic oxidation sites excluding steroid dienone is 1. The van der Waals surface area contributed by atoms with Gasteiger partial charge in [-0.15, -0.1) is 0 Å². The normalized spacial score (nSPS) is 17.7. The van der Waals surface area contributed by atoms with Crippen molar-refractivity contribution in [2.24, 2.45) is 5.73 Å². The van der Waals surface area contributed by atoms with Gasteiger partial charge in [-0.2, -0.15) is 0 Å². The maximum atomic E-state index is 8.89. The summed E-state index contributed by atoms with van der Waals surface area (Å²) in [6, 6.07) is -0.0984. The first-order valence-electron chi connectivity index (χ1n) is 3.80. The molecule has 0 aromatic heterocycles. The zero-order valence-electron chi connectivity index (χ0n) is 7.37. The lowest BCUT2D eigenvalue weighted by Crippen LogP contribution is -2.22. The number of ether oxygens (including phenoxy) is 1. The van der Waals surface area contributed by atoms with Crippen LogP contribution in [0.2, 0.25) is 0 Å². The van der Waals surface area contributed by atoms with Crippen LogP contribution in [0, 0.1) is 0 Å². The third-order valence-electron chi connectivity index (χ3n) is 1.22. The second-order valence-electron chi connectivity index (χ2n) is 2.64. The van der Waals surface area contributed by atoms with E-state index in [0.717, 1.165) is 5.76 Å². The van der Waals surface area contributed by atoms with Gasteiger partial charge in [0.2, 0.25) is 0 Å². The highest BCUT2D eigenvalue weighted by molar-refractivity contribution is 4.98. The molecule has 0 amide bonds. The highest BCUT2D eigenvalue weighted by Crippen LogP contribution is 2.01. The van der Waals surface area contributed by atoms with E-state index in [1.54, 1.807) is 6.92 Å². The summed E-state index contributed by atoms with van der Waals surface area (Å²) < 4.78 is 5.20. The Morgan fingerprint density at radius 3 is 2.45 bits per heavy atom. The van der Waals surface area contributed by atoms with Gasteiger partial charge in [0, 0.05) is 0 Å². The Labute approximate surface area is 67.9 Å². The van der Waals surface area contributed by atoms with Crippen molar-refractivity contribution in [3.63, 3.8) is 0 Å². The molecular weight excluding hydrogens is 142 g/mol. The maximum absolute atomic E-state index is 8.89. The zero-order valence-corrected chi connectivity index (χ0v) is 7.37. The van der Waals surface area contributed by atoms with Crippen molar-refractivity contribution in [2.45, 2.75) is 32.9 Å². The Kier molecular flexibility index (Phi) is 4.90. The molecule has 3 nitrogen and oxygen atoms in total. The minimum atomic E-state index is -0.441. The van der Waals surface area contributed by atoms with E-state index >= 15 is 0 Å². The van der Waals surface area contributed by atoms with Crippen LogP contribution in [0.1, 0.15) is 20.8 Å². The summed E-state index contributed by atoms with van der Waals surface area (Å²) in [7, 11) is 0. The molecule has 3 N–H and O–H groups in total. The minimum absolute atomic E-state index is 0.0984. The van der Waals surface area contributed by atoms with Crippen LogP contribution in [-0.2, 0) is 4.74 Å². The molecule has 0 aliphatic heterocycles. The Morgan fingerprint density at radius 1 is 1.64 bits per heavy atom. The summed E-state index contributed by atoms with van der Waals surface area (Å²) in [6.07, 6.45) is 1.37. The molecule has 3 heteroatoms. The van der Waals surface area contributed by atoms with E-state index in [4.69, 9.17) is 15.6 Å². The fourth-order valence-electron chi connectivity index (χ4n) is 0.694.